The van der Waals surface area contributed by atoms with Crippen LogP contribution in [0.2, 0.25) is 0 Å². The zero-order chi connectivity index (χ0) is 21.8. The fourth-order valence-corrected chi connectivity index (χ4v) is 3.45. The molecule has 0 bridgehead atoms. The maximum absolute atomic E-state index is 14.2. The molecular weight excluding hydrogens is 392 g/mol. The Labute approximate surface area is 173 Å². The van der Waals surface area contributed by atoms with Gasteiger partial charge in [-0.3, -0.25) is 4.79 Å². The second kappa shape index (κ2) is 9.32. The van der Waals surface area contributed by atoms with E-state index >= 15 is 0 Å². The van der Waals surface area contributed by atoms with Crippen molar-refractivity contribution in [2.45, 2.75) is 31.9 Å². The first-order valence-corrected chi connectivity index (χ1v) is 9.71. The van der Waals surface area contributed by atoms with E-state index in [2.05, 4.69) is 10.3 Å². The molecule has 0 spiro atoms. The number of aryl methyl sites for hydroxylation is 1. The van der Waals surface area contributed by atoms with Gasteiger partial charge in [-0.25, -0.2) is 13.8 Å². The first kappa shape index (κ1) is 21.9. The van der Waals surface area contributed by atoms with E-state index in [1.807, 2.05) is 13.0 Å². The lowest BCUT2D eigenvalue weighted by atomic mass is 10.0. The second-order valence-electron chi connectivity index (χ2n) is 7.23. The summed E-state index contributed by atoms with van der Waals surface area (Å²) >= 11 is 0. The van der Waals surface area contributed by atoms with Crippen LogP contribution in [-0.2, 0) is 18.2 Å². The van der Waals surface area contributed by atoms with Gasteiger partial charge in [-0.1, -0.05) is 19.1 Å². The summed E-state index contributed by atoms with van der Waals surface area (Å²) in [6.07, 6.45) is 1.55. The molecule has 2 aromatic heterocycles. The van der Waals surface area contributed by atoms with Crippen molar-refractivity contribution in [1.82, 2.24) is 14.9 Å². The van der Waals surface area contributed by atoms with Crippen LogP contribution < -0.4 is 5.32 Å². The van der Waals surface area contributed by atoms with Gasteiger partial charge in [0.25, 0.3) is 5.91 Å². The number of hydrogen-bond acceptors (Lipinski definition) is 4. The smallest absolute Gasteiger partial charge is 0.270 e. The largest absolute Gasteiger partial charge is 0.389 e. The van der Waals surface area contributed by atoms with Gasteiger partial charge in [-0.15, -0.1) is 0 Å². The number of carbonyl (C=O) groups excluding carboxylic acids is 1. The van der Waals surface area contributed by atoms with E-state index < -0.39 is 29.7 Å². The number of nitrogens with one attached hydrogen (secondary N) is 1. The minimum absolute atomic E-state index is 0.0904. The standard InChI is InChI=1S/C22H25F2N3O3/c1-4-17(19(28)12-30-3)26-22(29)18-11-14(15-8-9-27(2)21(15)25-18)10-13-6-5-7-16(23)20(13)24/h5-9,11,17,19,28H,4,10,12H2,1-3H3,(H,26,29). The summed E-state index contributed by atoms with van der Waals surface area (Å²) in [5.41, 5.74) is 1.54. The Balaban J connectivity index is 1.97. The Morgan fingerprint density at radius 1 is 1.30 bits per heavy atom. The summed E-state index contributed by atoms with van der Waals surface area (Å²) in [6, 6.07) is 6.94. The van der Waals surface area contributed by atoms with Crippen LogP contribution in [0, 0.1) is 11.6 Å². The molecule has 2 unspecified atom stereocenters. The molecular formula is C22H25F2N3O3. The number of halogens is 2. The van der Waals surface area contributed by atoms with E-state index in [9.17, 15) is 18.7 Å². The van der Waals surface area contributed by atoms with Crippen LogP contribution in [0.5, 0.6) is 0 Å². The molecule has 0 aliphatic rings. The minimum Gasteiger partial charge on any atom is -0.389 e. The molecule has 6 nitrogen and oxygen atoms in total. The fraction of sp³-hybridized carbons (Fsp3) is 0.364. The van der Waals surface area contributed by atoms with E-state index in [0.29, 0.717) is 17.6 Å². The van der Waals surface area contributed by atoms with E-state index in [1.165, 1.54) is 19.2 Å². The van der Waals surface area contributed by atoms with Crippen LogP contribution in [0.3, 0.4) is 0 Å². The Morgan fingerprint density at radius 2 is 2.07 bits per heavy atom. The first-order valence-electron chi connectivity index (χ1n) is 9.71. The lowest BCUT2D eigenvalue weighted by Crippen LogP contribution is -2.45. The average Bonchev–Trinajstić information content (AvgIpc) is 3.10. The third-order valence-electron chi connectivity index (χ3n) is 5.13. The second-order valence-corrected chi connectivity index (χ2v) is 7.23. The van der Waals surface area contributed by atoms with Gasteiger partial charge in [0.15, 0.2) is 11.6 Å². The Morgan fingerprint density at radius 3 is 2.77 bits per heavy atom. The van der Waals surface area contributed by atoms with Crippen LogP contribution in [0.25, 0.3) is 11.0 Å². The van der Waals surface area contributed by atoms with Crippen molar-refractivity contribution < 1.29 is 23.4 Å². The molecule has 0 saturated heterocycles. The number of methoxy groups -OCH3 is 1. The molecule has 0 saturated carbocycles. The first-order chi connectivity index (χ1) is 14.3. The van der Waals surface area contributed by atoms with Gasteiger partial charge >= 0.3 is 0 Å². The van der Waals surface area contributed by atoms with Crippen LogP contribution in [0.4, 0.5) is 8.78 Å². The number of amides is 1. The number of pyridine rings is 1. The molecule has 30 heavy (non-hydrogen) atoms. The Bertz CT molecular complexity index is 1050. The van der Waals surface area contributed by atoms with E-state index in [-0.39, 0.29) is 24.3 Å². The summed E-state index contributed by atoms with van der Waals surface area (Å²) < 4.78 is 34.6. The zero-order valence-corrected chi connectivity index (χ0v) is 17.2. The quantitative estimate of drug-likeness (QED) is 0.591. The molecule has 1 aromatic carbocycles. The SMILES string of the molecule is CCC(NC(=O)c1cc(Cc2cccc(F)c2F)c2ccn(C)c2n1)C(O)COC. The van der Waals surface area contributed by atoms with Gasteiger partial charge in [-0.2, -0.15) is 0 Å². The van der Waals surface area contributed by atoms with Crippen molar-refractivity contribution in [2.75, 3.05) is 13.7 Å². The maximum atomic E-state index is 14.2. The number of rotatable bonds is 8. The van der Waals surface area contributed by atoms with Crippen molar-refractivity contribution >= 4 is 16.9 Å². The summed E-state index contributed by atoms with van der Waals surface area (Å²) in [5, 5.41) is 13.7. The van der Waals surface area contributed by atoms with Crippen molar-refractivity contribution in [2.24, 2.45) is 7.05 Å². The van der Waals surface area contributed by atoms with Crippen LogP contribution in [0.15, 0.2) is 36.5 Å². The normalized spacial score (nSPS) is 13.4. The van der Waals surface area contributed by atoms with Gasteiger partial charge in [0.2, 0.25) is 0 Å². The number of aromatic nitrogens is 2. The van der Waals surface area contributed by atoms with Crippen LogP contribution >= 0.6 is 0 Å². The summed E-state index contributed by atoms with van der Waals surface area (Å²) in [6.45, 7) is 1.93. The number of aliphatic hydroxyl groups is 1. The van der Waals surface area contributed by atoms with E-state index in [4.69, 9.17) is 4.74 Å². The zero-order valence-electron chi connectivity index (χ0n) is 17.2. The summed E-state index contributed by atoms with van der Waals surface area (Å²) in [5.74, 6) is -2.28. The van der Waals surface area contributed by atoms with Crippen LogP contribution in [-0.4, -0.2) is 46.4 Å². The van der Waals surface area contributed by atoms with Gasteiger partial charge in [0.1, 0.15) is 11.3 Å². The fourth-order valence-electron chi connectivity index (χ4n) is 3.45. The Hall–Kier alpha value is -2.84. The highest BCUT2D eigenvalue weighted by molar-refractivity contribution is 5.95. The van der Waals surface area contributed by atoms with E-state index in [0.717, 1.165) is 11.5 Å². The van der Waals surface area contributed by atoms with Gasteiger partial charge in [-0.05, 0) is 35.7 Å². The monoisotopic (exact) mass is 417 g/mol. The van der Waals surface area contributed by atoms with Gasteiger partial charge < -0.3 is 19.7 Å². The predicted octanol–water partition coefficient (Wildman–Crippen LogP) is 2.96. The molecule has 8 heteroatoms. The molecule has 2 N–H and O–H groups in total. The number of fused-ring (bicyclic) bond motifs is 1. The Kier molecular flexibility index (Phi) is 6.79. The lowest BCUT2D eigenvalue weighted by Gasteiger charge is -2.22. The molecule has 0 fully saturated rings. The molecule has 3 rings (SSSR count). The van der Waals surface area contributed by atoms with Crippen LogP contribution in [0.1, 0.15) is 35.0 Å². The molecule has 2 atom stereocenters. The number of ether oxygens (including phenoxy) is 1. The van der Waals surface area contributed by atoms with E-state index in [1.54, 1.807) is 23.9 Å². The highest BCUT2D eigenvalue weighted by Crippen LogP contribution is 2.24. The topological polar surface area (TPSA) is 76.4 Å². The van der Waals surface area contributed by atoms with Gasteiger partial charge in [0, 0.05) is 32.2 Å². The molecule has 3 aromatic rings. The maximum Gasteiger partial charge on any atom is 0.270 e. The minimum atomic E-state index is -0.915. The van der Waals surface area contributed by atoms with Crippen molar-refractivity contribution in [3.8, 4) is 0 Å². The molecule has 1 amide bonds. The van der Waals surface area contributed by atoms with Crippen molar-refractivity contribution in [1.29, 1.82) is 0 Å². The van der Waals surface area contributed by atoms with Crippen molar-refractivity contribution in [3.05, 3.63) is 65.0 Å². The third kappa shape index (κ3) is 4.49. The summed E-state index contributed by atoms with van der Waals surface area (Å²) in [4.78, 5) is 17.3. The van der Waals surface area contributed by atoms with Gasteiger partial charge in [0.05, 0.1) is 18.8 Å². The van der Waals surface area contributed by atoms with Crippen molar-refractivity contribution in [3.63, 3.8) is 0 Å². The third-order valence-corrected chi connectivity index (χ3v) is 5.13. The molecule has 160 valence electrons. The lowest BCUT2D eigenvalue weighted by molar-refractivity contribution is 0.0361. The summed E-state index contributed by atoms with van der Waals surface area (Å²) in [7, 11) is 3.27. The molecule has 2 heterocycles. The number of hydrogen-bond donors (Lipinski definition) is 2. The molecule has 0 radical (unpaired) electrons. The molecule has 0 aliphatic carbocycles. The number of benzene rings is 1. The number of aliphatic hydroxyl groups excluding tert-OH is 1. The highest BCUT2D eigenvalue weighted by Gasteiger charge is 2.22. The molecule has 0 aliphatic heterocycles. The number of carbonyl (C=O) groups is 1. The average molecular weight is 417 g/mol. The highest BCUT2D eigenvalue weighted by atomic mass is 19.2. The predicted molar refractivity (Wildman–Crippen MR) is 109 cm³/mol. The number of nitrogens with zero attached hydrogens (tertiary/aromatic N) is 2.